The van der Waals surface area contributed by atoms with Gasteiger partial charge in [-0.05, 0) is 17.5 Å². The van der Waals surface area contributed by atoms with Crippen molar-refractivity contribution < 1.29 is 4.74 Å². The van der Waals surface area contributed by atoms with Crippen molar-refractivity contribution in [1.82, 2.24) is 20.2 Å². The first-order chi connectivity index (χ1) is 11.4. The van der Waals surface area contributed by atoms with E-state index in [1.165, 1.54) is 0 Å². The number of aryl methyl sites for hydroxylation is 1. The van der Waals surface area contributed by atoms with Crippen LogP contribution in [0.5, 0.6) is 0 Å². The molecule has 0 bridgehead atoms. The summed E-state index contributed by atoms with van der Waals surface area (Å²) in [6.07, 6.45) is 0.104. The Labute approximate surface area is 144 Å². The Kier molecular flexibility index (Phi) is 5.83. The van der Waals surface area contributed by atoms with E-state index in [-0.39, 0.29) is 11.5 Å². The summed E-state index contributed by atoms with van der Waals surface area (Å²) >= 11 is 0. The molecule has 0 aliphatic rings. The van der Waals surface area contributed by atoms with E-state index in [4.69, 9.17) is 4.74 Å². The topological polar surface area (TPSA) is 63.5 Å². The van der Waals surface area contributed by atoms with Crippen LogP contribution in [0.1, 0.15) is 26.6 Å². The van der Waals surface area contributed by atoms with Crippen molar-refractivity contribution in [3.8, 4) is 0 Å². The number of aromatic nitrogens is 2. The van der Waals surface area contributed by atoms with Gasteiger partial charge in [0.05, 0.1) is 23.7 Å². The predicted molar refractivity (Wildman–Crippen MR) is 99.2 cm³/mol. The van der Waals surface area contributed by atoms with Gasteiger partial charge in [-0.1, -0.05) is 32.9 Å². The molecule has 0 saturated carbocycles. The average Bonchev–Trinajstić information content (AvgIpc) is 2.86. The Morgan fingerprint density at radius 2 is 2.00 bits per heavy atom. The van der Waals surface area contributed by atoms with Crippen LogP contribution in [0.15, 0.2) is 29.3 Å². The van der Waals surface area contributed by atoms with Crippen molar-refractivity contribution in [3.05, 3.63) is 30.1 Å². The molecular weight excluding hydrogens is 302 g/mol. The van der Waals surface area contributed by atoms with Crippen molar-refractivity contribution in [2.24, 2.45) is 17.5 Å². The van der Waals surface area contributed by atoms with Gasteiger partial charge in [0.15, 0.2) is 5.96 Å². The van der Waals surface area contributed by atoms with Crippen LogP contribution >= 0.6 is 0 Å². The maximum atomic E-state index is 5.57. The molecular formula is C18H29N5O. The summed E-state index contributed by atoms with van der Waals surface area (Å²) in [5.74, 6) is 1.71. The van der Waals surface area contributed by atoms with Crippen molar-refractivity contribution in [3.63, 3.8) is 0 Å². The zero-order valence-electron chi connectivity index (χ0n) is 15.6. The standard InChI is InChI=1S/C18H29N5O/c1-18(2,3)15(24-6)11-20-17(19-4)21-12-16-22-13-9-7-8-10-14(13)23(16)5/h7-10,15H,11-12H2,1-6H3,(H2,19,20,21). The number of nitrogens with one attached hydrogen (secondary N) is 2. The van der Waals surface area contributed by atoms with E-state index in [9.17, 15) is 0 Å². The number of guanidine groups is 1. The molecule has 0 spiro atoms. The van der Waals surface area contributed by atoms with Gasteiger partial charge >= 0.3 is 0 Å². The van der Waals surface area contributed by atoms with Crippen LogP contribution in [0.3, 0.4) is 0 Å². The highest BCUT2D eigenvalue weighted by Gasteiger charge is 2.24. The number of fused-ring (bicyclic) bond motifs is 1. The molecule has 1 unspecified atom stereocenters. The van der Waals surface area contributed by atoms with Crippen LogP contribution in [0.25, 0.3) is 11.0 Å². The highest BCUT2D eigenvalue weighted by atomic mass is 16.5. The molecule has 0 radical (unpaired) electrons. The summed E-state index contributed by atoms with van der Waals surface area (Å²) in [6, 6.07) is 8.13. The lowest BCUT2D eigenvalue weighted by Gasteiger charge is -2.30. The van der Waals surface area contributed by atoms with E-state index in [1.807, 2.05) is 25.2 Å². The van der Waals surface area contributed by atoms with Crippen LogP contribution < -0.4 is 10.6 Å². The summed E-state index contributed by atoms with van der Waals surface area (Å²) in [5.41, 5.74) is 2.20. The second-order valence-corrected chi connectivity index (χ2v) is 6.97. The first-order valence-corrected chi connectivity index (χ1v) is 8.24. The molecule has 6 nitrogen and oxygen atoms in total. The fraction of sp³-hybridized carbons (Fsp3) is 0.556. The molecule has 24 heavy (non-hydrogen) atoms. The number of nitrogens with zero attached hydrogens (tertiary/aromatic N) is 3. The molecule has 0 fully saturated rings. The summed E-state index contributed by atoms with van der Waals surface area (Å²) in [5, 5.41) is 6.65. The summed E-state index contributed by atoms with van der Waals surface area (Å²) < 4.78 is 7.67. The molecule has 132 valence electrons. The SMILES string of the molecule is CN=C(NCc1nc2ccccc2n1C)NCC(OC)C(C)(C)C. The number of hydrogen-bond acceptors (Lipinski definition) is 3. The number of ether oxygens (including phenoxy) is 1. The van der Waals surface area contributed by atoms with Gasteiger partial charge in [-0.15, -0.1) is 0 Å². The maximum Gasteiger partial charge on any atom is 0.191 e. The molecule has 1 aromatic heterocycles. The smallest absolute Gasteiger partial charge is 0.191 e. The first-order valence-electron chi connectivity index (χ1n) is 8.24. The molecule has 0 aliphatic heterocycles. The van der Waals surface area contributed by atoms with Gasteiger partial charge in [-0.3, -0.25) is 4.99 Å². The first kappa shape index (κ1) is 18.3. The summed E-state index contributed by atoms with van der Waals surface area (Å²) in [7, 11) is 5.54. The number of hydrogen-bond donors (Lipinski definition) is 2. The molecule has 2 aromatic rings. The largest absolute Gasteiger partial charge is 0.379 e. The number of benzene rings is 1. The second kappa shape index (κ2) is 7.66. The van der Waals surface area contributed by atoms with E-state index in [2.05, 4.69) is 52.0 Å². The normalized spacial score (nSPS) is 14.0. The van der Waals surface area contributed by atoms with E-state index < -0.39 is 0 Å². The van der Waals surface area contributed by atoms with Gasteiger partial charge < -0.3 is 19.9 Å². The zero-order chi connectivity index (χ0) is 17.7. The van der Waals surface area contributed by atoms with Crippen LogP contribution in [0.2, 0.25) is 0 Å². The molecule has 1 atom stereocenters. The lowest BCUT2D eigenvalue weighted by molar-refractivity contribution is 0.0205. The Balaban J connectivity index is 1.97. The molecule has 6 heteroatoms. The minimum absolute atomic E-state index is 0.0675. The van der Waals surface area contributed by atoms with Crippen LogP contribution in [-0.4, -0.2) is 42.3 Å². The minimum atomic E-state index is 0.0675. The number of para-hydroxylation sites is 2. The third-order valence-corrected chi connectivity index (χ3v) is 4.22. The summed E-state index contributed by atoms with van der Waals surface area (Å²) in [6.45, 7) is 7.80. The molecule has 1 heterocycles. The van der Waals surface area contributed by atoms with E-state index in [1.54, 1.807) is 14.2 Å². The number of methoxy groups -OCH3 is 1. The Morgan fingerprint density at radius 1 is 1.29 bits per heavy atom. The van der Waals surface area contributed by atoms with Gasteiger partial charge in [0.1, 0.15) is 5.82 Å². The Hall–Kier alpha value is -2.08. The van der Waals surface area contributed by atoms with Crippen LogP contribution in [0, 0.1) is 5.41 Å². The average molecular weight is 331 g/mol. The zero-order valence-corrected chi connectivity index (χ0v) is 15.6. The fourth-order valence-corrected chi connectivity index (χ4v) is 2.67. The lowest BCUT2D eigenvalue weighted by atomic mass is 9.89. The minimum Gasteiger partial charge on any atom is -0.379 e. The molecule has 0 saturated heterocycles. The van der Waals surface area contributed by atoms with Gasteiger partial charge in [0.2, 0.25) is 0 Å². The van der Waals surface area contributed by atoms with Gasteiger partial charge in [-0.2, -0.15) is 0 Å². The number of imidazole rings is 1. The molecule has 0 amide bonds. The van der Waals surface area contributed by atoms with Gasteiger partial charge in [0.25, 0.3) is 0 Å². The monoisotopic (exact) mass is 331 g/mol. The van der Waals surface area contributed by atoms with E-state index in [0.29, 0.717) is 13.1 Å². The molecule has 1 aromatic carbocycles. The third kappa shape index (κ3) is 4.26. The second-order valence-electron chi connectivity index (χ2n) is 6.97. The lowest BCUT2D eigenvalue weighted by Crippen LogP contribution is -2.45. The third-order valence-electron chi connectivity index (χ3n) is 4.22. The number of rotatable bonds is 5. The summed E-state index contributed by atoms with van der Waals surface area (Å²) in [4.78, 5) is 8.94. The predicted octanol–water partition coefficient (Wildman–Crippen LogP) is 2.30. The van der Waals surface area contributed by atoms with Gasteiger partial charge in [0, 0.05) is 27.7 Å². The molecule has 2 rings (SSSR count). The van der Waals surface area contributed by atoms with Crippen molar-refractivity contribution in [2.75, 3.05) is 20.7 Å². The molecule has 0 aliphatic carbocycles. The highest BCUT2D eigenvalue weighted by Crippen LogP contribution is 2.20. The highest BCUT2D eigenvalue weighted by molar-refractivity contribution is 5.80. The van der Waals surface area contributed by atoms with E-state index >= 15 is 0 Å². The Morgan fingerprint density at radius 3 is 2.58 bits per heavy atom. The van der Waals surface area contributed by atoms with Crippen LogP contribution in [-0.2, 0) is 18.3 Å². The fourth-order valence-electron chi connectivity index (χ4n) is 2.67. The van der Waals surface area contributed by atoms with Crippen molar-refractivity contribution in [2.45, 2.75) is 33.4 Å². The van der Waals surface area contributed by atoms with Crippen molar-refractivity contribution >= 4 is 17.0 Å². The van der Waals surface area contributed by atoms with E-state index in [0.717, 1.165) is 22.8 Å². The maximum absolute atomic E-state index is 5.57. The van der Waals surface area contributed by atoms with Gasteiger partial charge in [-0.25, -0.2) is 4.98 Å². The Bertz CT molecular complexity index is 699. The molecule has 2 N–H and O–H groups in total. The van der Waals surface area contributed by atoms with Crippen LogP contribution in [0.4, 0.5) is 0 Å². The quantitative estimate of drug-likeness (QED) is 0.652. The van der Waals surface area contributed by atoms with Crippen molar-refractivity contribution in [1.29, 1.82) is 0 Å². The number of aliphatic imine (C=N–C) groups is 1.